The van der Waals surface area contributed by atoms with Gasteiger partial charge in [-0.2, -0.15) is 0 Å². The number of hydrogen-bond acceptors (Lipinski definition) is 0. The molecule has 0 saturated heterocycles. The molecule has 0 heterocycles. The summed E-state index contributed by atoms with van der Waals surface area (Å²) in [5, 5.41) is 2.66. The topological polar surface area (TPSA) is 0 Å². The highest BCUT2D eigenvalue weighted by Gasteiger charge is 2.02. The van der Waals surface area contributed by atoms with Crippen LogP contribution in [-0.4, -0.2) is 0 Å². The van der Waals surface area contributed by atoms with E-state index in [9.17, 15) is 0 Å². The number of hydrogen-bond donors (Lipinski definition) is 0. The summed E-state index contributed by atoms with van der Waals surface area (Å²) in [6, 6.07) is 22.8. The summed E-state index contributed by atoms with van der Waals surface area (Å²) < 4.78 is 0. The van der Waals surface area contributed by atoms with E-state index in [1.807, 2.05) is 0 Å². The molecule has 0 aliphatic rings. The lowest BCUT2D eigenvalue weighted by atomic mass is 9.97. The van der Waals surface area contributed by atoms with E-state index in [1.54, 1.807) is 0 Å². The molecule has 26 heavy (non-hydrogen) atoms. The highest BCUT2D eigenvalue weighted by molar-refractivity contribution is 5.87. The Balaban J connectivity index is 1.75. The average molecular weight is 343 g/mol. The summed E-state index contributed by atoms with van der Waals surface area (Å²) in [6.07, 6.45) is 11.7. The zero-order valence-corrected chi connectivity index (χ0v) is 16.2. The molecule has 0 radical (unpaired) electrons. The van der Waals surface area contributed by atoms with Gasteiger partial charge in [-0.1, -0.05) is 86.5 Å². The Morgan fingerprint density at radius 1 is 0.692 bits per heavy atom. The first kappa shape index (κ1) is 18.5. The van der Waals surface area contributed by atoms with Gasteiger partial charge < -0.3 is 0 Å². The van der Waals surface area contributed by atoms with Crippen molar-refractivity contribution in [3.05, 3.63) is 83.9 Å². The normalized spacial score (nSPS) is 11.5. The summed E-state index contributed by atoms with van der Waals surface area (Å²) in [7, 11) is 0. The highest BCUT2D eigenvalue weighted by atomic mass is 14.1. The third kappa shape index (κ3) is 4.85. The van der Waals surface area contributed by atoms with E-state index in [1.165, 1.54) is 58.7 Å². The maximum Gasteiger partial charge on any atom is -0.0178 e. The molecule has 3 aromatic carbocycles. The molecule has 0 fully saturated rings. The molecule has 3 rings (SSSR count). The molecule has 0 atom stereocenters. The lowest BCUT2D eigenvalue weighted by Crippen LogP contribution is -1.87. The largest absolute Gasteiger partial charge is 0.0917 e. The van der Waals surface area contributed by atoms with Crippen LogP contribution < -0.4 is 0 Å². The summed E-state index contributed by atoms with van der Waals surface area (Å²) in [5.74, 6) is 0. The van der Waals surface area contributed by atoms with E-state index >= 15 is 0 Å². The molecule has 0 spiro atoms. The Morgan fingerprint density at radius 3 is 2.15 bits per heavy atom. The molecule has 0 nitrogen and oxygen atoms in total. The zero-order chi connectivity index (χ0) is 18.2. The summed E-state index contributed by atoms with van der Waals surface area (Å²) in [5.41, 5.74) is 5.48. The monoisotopic (exact) mass is 342 g/mol. The Morgan fingerprint density at radius 2 is 1.38 bits per heavy atom. The van der Waals surface area contributed by atoms with E-state index in [4.69, 9.17) is 0 Å². The first-order valence-electron chi connectivity index (χ1n) is 10.0. The van der Waals surface area contributed by atoms with Gasteiger partial charge in [-0.25, -0.2) is 0 Å². The van der Waals surface area contributed by atoms with Crippen LogP contribution in [0.25, 0.3) is 21.9 Å². The van der Waals surface area contributed by atoms with Crippen LogP contribution in [0.4, 0.5) is 0 Å². The van der Waals surface area contributed by atoms with Gasteiger partial charge >= 0.3 is 0 Å². The van der Waals surface area contributed by atoms with E-state index in [0.717, 1.165) is 12.8 Å². The summed E-state index contributed by atoms with van der Waals surface area (Å²) in [6.45, 7) is 4.34. The Kier molecular flexibility index (Phi) is 6.66. The minimum Gasteiger partial charge on any atom is -0.0917 e. The SMILES string of the molecule is C/C=C/CCc1ccc2cc(-c3ccc(CCCCC)cc3)ccc2c1. The second kappa shape index (κ2) is 9.38. The van der Waals surface area contributed by atoms with E-state index in [0.29, 0.717) is 0 Å². The van der Waals surface area contributed by atoms with Gasteiger partial charge in [0, 0.05) is 0 Å². The molecule has 0 aliphatic carbocycles. The first-order valence-corrected chi connectivity index (χ1v) is 10.0. The third-order valence-electron chi connectivity index (χ3n) is 5.10. The van der Waals surface area contributed by atoms with Gasteiger partial charge in [0.25, 0.3) is 0 Å². The molecular formula is C26H30. The number of allylic oxidation sites excluding steroid dienone is 2. The molecular weight excluding hydrogens is 312 g/mol. The van der Waals surface area contributed by atoms with Gasteiger partial charge in [0.15, 0.2) is 0 Å². The number of benzene rings is 3. The van der Waals surface area contributed by atoms with Crippen molar-refractivity contribution in [3.8, 4) is 11.1 Å². The van der Waals surface area contributed by atoms with Crippen molar-refractivity contribution in [1.82, 2.24) is 0 Å². The van der Waals surface area contributed by atoms with Crippen LogP contribution in [0, 0.1) is 0 Å². The molecule has 3 aromatic rings. The van der Waals surface area contributed by atoms with Crippen LogP contribution >= 0.6 is 0 Å². The molecule has 0 aromatic heterocycles. The number of fused-ring (bicyclic) bond motifs is 1. The standard InChI is InChI=1S/C26H30/c1-3-5-7-9-21-11-14-23(15-12-21)25-18-17-24-19-22(10-8-6-4-2)13-16-26(24)20-25/h4,6,11-20H,3,5,7-10H2,1-2H3/b6-4+. The molecule has 0 aliphatic heterocycles. The minimum atomic E-state index is 1.11. The van der Waals surface area contributed by atoms with Gasteiger partial charge in [0.2, 0.25) is 0 Å². The molecule has 0 unspecified atom stereocenters. The fourth-order valence-corrected chi connectivity index (χ4v) is 3.49. The average Bonchev–Trinajstić information content (AvgIpc) is 2.68. The number of rotatable bonds is 8. The van der Waals surface area contributed by atoms with Crippen molar-refractivity contribution in [2.75, 3.05) is 0 Å². The molecule has 0 heteroatoms. The molecule has 134 valence electrons. The van der Waals surface area contributed by atoms with E-state index in [-0.39, 0.29) is 0 Å². The summed E-state index contributed by atoms with van der Waals surface area (Å²) in [4.78, 5) is 0. The van der Waals surface area contributed by atoms with Crippen LogP contribution in [0.3, 0.4) is 0 Å². The van der Waals surface area contributed by atoms with Crippen molar-refractivity contribution in [3.63, 3.8) is 0 Å². The van der Waals surface area contributed by atoms with Crippen molar-refractivity contribution < 1.29 is 0 Å². The fourth-order valence-electron chi connectivity index (χ4n) is 3.49. The molecule has 0 bridgehead atoms. The van der Waals surface area contributed by atoms with Gasteiger partial charge in [0.1, 0.15) is 0 Å². The maximum atomic E-state index is 2.33. The minimum absolute atomic E-state index is 1.11. The van der Waals surface area contributed by atoms with Gasteiger partial charge in [-0.3, -0.25) is 0 Å². The fraction of sp³-hybridized carbons (Fsp3) is 0.308. The Bertz CT molecular complexity index is 853. The van der Waals surface area contributed by atoms with Crippen LogP contribution in [0.2, 0.25) is 0 Å². The van der Waals surface area contributed by atoms with Crippen LogP contribution in [0.1, 0.15) is 50.7 Å². The van der Waals surface area contributed by atoms with E-state index < -0.39 is 0 Å². The van der Waals surface area contributed by atoms with Gasteiger partial charge in [-0.05, 0) is 71.7 Å². The van der Waals surface area contributed by atoms with Crippen molar-refractivity contribution >= 4 is 10.8 Å². The van der Waals surface area contributed by atoms with Crippen LogP contribution in [0.15, 0.2) is 72.8 Å². The number of aryl methyl sites for hydroxylation is 2. The first-order chi connectivity index (χ1) is 12.8. The second-order valence-corrected chi connectivity index (χ2v) is 7.16. The quantitative estimate of drug-likeness (QED) is 0.290. The van der Waals surface area contributed by atoms with Gasteiger partial charge in [-0.15, -0.1) is 0 Å². The van der Waals surface area contributed by atoms with Crippen LogP contribution in [0.5, 0.6) is 0 Å². The molecule has 0 amide bonds. The van der Waals surface area contributed by atoms with Crippen molar-refractivity contribution in [2.24, 2.45) is 0 Å². The highest BCUT2D eigenvalue weighted by Crippen LogP contribution is 2.26. The smallest absolute Gasteiger partial charge is 0.0178 e. The third-order valence-corrected chi connectivity index (χ3v) is 5.10. The van der Waals surface area contributed by atoms with Crippen molar-refractivity contribution in [2.45, 2.75) is 52.4 Å². The van der Waals surface area contributed by atoms with Crippen molar-refractivity contribution in [1.29, 1.82) is 0 Å². The predicted molar refractivity (Wildman–Crippen MR) is 116 cm³/mol. The lowest BCUT2D eigenvalue weighted by molar-refractivity contribution is 0.717. The summed E-state index contributed by atoms with van der Waals surface area (Å²) >= 11 is 0. The predicted octanol–water partition coefficient (Wildman–Crippen LogP) is 7.75. The van der Waals surface area contributed by atoms with Crippen LogP contribution in [-0.2, 0) is 12.8 Å². The van der Waals surface area contributed by atoms with Gasteiger partial charge in [0.05, 0.1) is 0 Å². The van der Waals surface area contributed by atoms with E-state index in [2.05, 4.69) is 86.7 Å². The Labute approximate surface area is 158 Å². The molecule has 0 saturated carbocycles. The second-order valence-electron chi connectivity index (χ2n) is 7.16. The molecule has 0 N–H and O–H groups in total. The Hall–Kier alpha value is -2.34. The maximum absolute atomic E-state index is 2.33. The number of unbranched alkanes of at least 4 members (excludes halogenated alkanes) is 2. The lowest BCUT2D eigenvalue weighted by Gasteiger charge is -2.08. The zero-order valence-electron chi connectivity index (χ0n) is 16.2.